The minimum atomic E-state index is -1.18. The Morgan fingerprint density at radius 3 is 2.67 bits per heavy atom. The first-order valence-electron chi connectivity index (χ1n) is 5.55. The summed E-state index contributed by atoms with van der Waals surface area (Å²) in [6, 6.07) is 4.61. The molecule has 0 aliphatic heterocycles. The third-order valence-corrected chi connectivity index (χ3v) is 2.69. The van der Waals surface area contributed by atoms with E-state index in [2.05, 4.69) is 4.74 Å². The van der Waals surface area contributed by atoms with Gasteiger partial charge in [0.25, 0.3) is 0 Å². The van der Waals surface area contributed by atoms with Crippen LogP contribution in [0.5, 0.6) is 0 Å². The second kappa shape index (κ2) is 6.34. The fourth-order valence-electron chi connectivity index (χ4n) is 1.66. The van der Waals surface area contributed by atoms with Gasteiger partial charge in [-0.2, -0.15) is 0 Å². The first-order valence-corrected chi connectivity index (χ1v) is 5.55. The van der Waals surface area contributed by atoms with E-state index in [1.165, 1.54) is 13.2 Å². The number of rotatable bonds is 5. The molecule has 0 fully saturated rings. The smallest absolute Gasteiger partial charge is 0.339 e. The average Bonchev–Trinajstić information content (AvgIpc) is 2.37. The lowest BCUT2D eigenvalue weighted by Gasteiger charge is -2.20. The molecular weight excluding hydrogens is 236 g/mol. The molecule has 0 bridgehead atoms. The van der Waals surface area contributed by atoms with E-state index in [1.807, 2.05) is 0 Å². The number of aliphatic hydroxyl groups excluding tert-OH is 2. The number of ether oxygens (including phenoxy) is 1. The highest BCUT2D eigenvalue weighted by Crippen LogP contribution is 2.27. The van der Waals surface area contributed by atoms with E-state index >= 15 is 0 Å². The molecular formula is C12H18N2O4. The number of anilines is 1. The molecule has 100 valence electrons. The van der Waals surface area contributed by atoms with E-state index < -0.39 is 18.2 Å². The number of nitrogens with two attached hydrogens (primary N) is 2. The van der Waals surface area contributed by atoms with Crippen molar-refractivity contribution in [2.24, 2.45) is 5.73 Å². The molecule has 0 heterocycles. The van der Waals surface area contributed by atoms with Gasteiger partial charge < -0.3 is 26.4 Å². The summed E-state index contributed by atoms with van der Waals surface area (Å²) < 4.78 is 4.58. The lowest BCUT2D eigenvalue weighted by molar-refractivity contribution is 0.0154. The van der Waals surface area contributed by atoms with Crippen molar-refractivity contribution in [2.75, 3.05) is 19.4 Å². The number of nitrogen functional groups attached to an aromatic ring is 1. The van der Waals surface area contributed by atoms with Gasteiger partial charge in [0.15, 0.2) is 0 Å². The quantitative estimate of drug-likeness (QED) is 0.427. The molecule has 0 spiro atoms. The summed E-state index contributed by atoms with van der Waals surface area (Å²) >= 11 is 0. The van der Waals surface area contributed by atoms with Crippen LogP contribution < -0.4 is 11.5 Å². The van der Waals surface area contributed by atoms with Crippen molar-refractivity contribution >= 4 is 11.7 Å². The highest BCUT2D eigenvalue weighted by Gasteiger charge is 2.22. The zero-order valence-corrected chi connectivity index (χ0v) is 10.2. The molecule has 2 unspecified atom stereocenters. The Hall–Kier alpha value is -1.63. The molecule has 1 rings (SSSR count). The Bertz CT molecular complexity index is 423. The first-order chi connectivity index (χ1) is 8.52. The second-order valence-corrected chi connectivity index (χ2v) is 3.89. The van der Waals surface area contributed by atoms with Crippen molar-refractivity contribution in [1.29, 1.82) is 0 Å². The lowest BCUT2D eigenvalue weighted by Crippen LogP contribution is -2.23. The van der Waals surface area contributed by atoms with Crippen LogP contribution in [0.1, 0.15) is 28.4 Å². The van der Waals surface area contributed by atoms with E-state index in [4.69, 9.17) is 11.5 Å². The standard InChI is InChI=1S/C12H18N2O4/c1-18-12(17)8-4-2-3-7(10(8)14)11(16)9(15)5-6-13/h2-4,9,11,15-16H,5-6,13-14H2,1H3. The summed E-state index contributed by atoms with van der Waals surface area (Å²) in [6.45, 7) is 0.245. The maximum Gasteiger partial charge on any atom is 0.339 e. The molecule has 6 heteroatoms. The van der Waals surface area contributed by atoms with Crippen LogP contribution in [0.3, 0.4) is 0 Å². The third kappa shape index (κ3) is 2.98. The van der Waals surface area contributed by atoms with Crippen LogP contribution in [0.2, 0.25) is 0 Å². The summed E-state index contributed by atoms with van der Waals surface area (Å²) in [5.41, 5.74) is 11.7. The minimum Gasteiger partial charge on any atom is -0.465 e. The number of carbonyl (C=O) groups is 1. The monoisotopic (exact) mass is 254 g/mol. The van der Waals surface area contributed by atoms with Gasteiger partial charge >= 0.3 is 5.97 Å². The predicted octanol–water partition coefficient (Wildman–Crippen LogP) is -0.202. The number of para-hydroxylation sites is 1. The van der Waals surface area contributed by atoms with Crippen molar-refractivity contribution in [1.82, 2.24) is 0 Å². The van der Waals surface area contributed by atoms with Gasteiger partial charge in [-0.05, 0) is 19.0 Å². The topological polar surface area (TPSA) is 119 Å². The molecule has 18 heavy (non-hydrogen) atoms. The van der Waals surface area contributed by atoms with Crippen molar-refractivity contribution in [3.63, 3.8) is 0 Å². The summed E-state index contributed by atoms with van der Waals surface area (Å²) in [5, 5.41) is 19.6. The number of carbonyl (C=O) groups excluding carboxylic acids is 1. The molecule has 6 N–H and O–H groups in total. The van der Waals surface area contributed by atoms with E-state index in [0.29, 0.717) is 5.56 Å². The molecule has 0 amide bonds. The number of benzene rings is 1. The van der Waals surface area contributed by atoms with Crippen LogP contribution in [-0.4, -0.2) is 35.9 Å². The van der Waals surface area contributed by atoms with Crippen LogP contribution in [0, 0.1) is 0 Å². The molecule has 0 aromatic heterocycles. The number of methoxy groups -OCH3 is 1. The van der Waals surface area contributed by atoms with Gasteiger partial charge in [0.2, 0.25) is 0 Å². The second-order valence-electron chi connectivity index (χ2n) is 3.89. The van der Waals surface area contributed by atoms with E-state index in [-0.39, 0.29) is 24.2 Å². The number of hydrogen-bond acceptors (Lipinski definition) is 6. The SMILES string of the molecule is COC(=O)c1cccc(C(O)C(O)CCN)c1N. The van der Waals surface area contributed by atoms with Gasteiger partial charge in [0.1, 0.15) is 6.10 Å². The zero-order valence-electron chi connectivity index (χ0n) is 10.2. The predicted molar refractivity (Wildman–Crippen MR) is 66.8 cm³/mol. The van der Waals surface area contributed by atoms with Crippen molar-refractivity contribution < 1.29 is 19.7 Å². The fourth-order valence-corrected chi connectivity index (χ4v) is 1.66. The summed E-state index contributed by atoms with van der Waals surface area (Å²) in [5.74, 6) is -0.588. The van der Waals surface area contributed by atoms with Crippen molar-refractivity contribution in [3.8, 4) is 0 Å². The first kappa shape index (κ1) is 14.4. The lowest BCUT2D eigenvalue weighted by atomic mass is 9.98. The van der Waals surface area contributed by atoms with Gasteiger partial charge in [0.05, 0.1) is 24.5 Å². The minimum absolute atomic E-state index is 0.105. The van der Waals surface area contributed by atoms with Gasteiger partial charge in [-0.25, -0.2) is 4.79 Å². The van der Waals surface area contributed by atoms with Gasteiger partial charge in [-0.1, -0.05) is 12.1 Å². The number of aliphatic hydroxyl groups is 2. The molecule has 0 radical (unpaired) electrons. The van der Waals surface area contributed by atoms with E-state index in [9.17, 15) is 15.0 Å². The highest BCUT2D eigenvalue weighted by molar-refractivity contribution is 5.95. The molecule has 1 aromatic rings. The molecule has 0 aliphatic carbocycles. The molecule has 1 aromatic carbocycles. The van der Waals surface area contributed by atoms with Crippen LogP contribution in [0.4, 0.5) is 5.69 Å². The van der Waals surface area contributed by atoms with Gasteiger partial charge in [-0.15, -0.1) is 0 Å². The van der Waals surface area contributed by atoms with Crippen molar-refractivity contribution in [3.05, 3.63) is 29.3 Å². The van der Waals surface area contributed by atoms with Gasteiger partial charge in [0, 0.05) is 5.56 Å². The Balaban J connectivity index is 3.06. The third-order valence-electron chi connectivity index (χ3n) is 2.69. The summed E-state index contributed by atoms with van der Waals surface area (Å²) in [7, 11) is 1.24. The maximum atomic E-state index is 11.4. The Morgan fingerprint density at radius 1 is 1.44 bits per heavy atom. The Kier molecular flexibility index (Phi) is 5.08. The van der Waals surface area contributed by atoms with E-state index in [1.54, 1.807) is 12.1 Å². The number of esters is 1. The van der Waals surface area contributed by atoms with E-state index in [0.717, 1.165) is 0 Å². The summed E-state index contributed by atoms with van der Waals surface area (Å²) in [4.78, 5) is 11.4. The Morgan fingerprint density at radius 2 is 2.11 bits per heavy atom. The average molecular weight is 254 g/mol. The van der Waals surface area contributed by atoms with Crippen LogP contribution in [0.25, 0.3) is 0 Å². The molecule has 0 saturated carbocycles. The fraction of sp³-hybridized carbons (Fsp3) is 0.417. The normalized spacial score (nSPS) is 14.0. The zero-order chi connectivity index (χ0) is 13.7. The summed E-state index contributed by atoms with van der Waals surface area (Å²) in [6.07, 6.45) is -1.97. The number of hydrogen-bond donors (Lipinski definition) is 4. The largest absolute Gasteiger partial charge is 0.465 e. The molecule has 6 nitrogen and oxygen atoms in total. The van der Waals surface area contributed by atoms with Crippen LogP contribution in [0.15, 0.2) is 18.2 Å². The van der Waals surface area contributed by atoms with Crippen molar-refractivity contribution in [2.45, 2.75) is 18.6 Å². The molecule has 2 atom stereocenters. The molecule has 0 aliphatic rings. The maximum absolute atomic E-state index is 11.4. The molecule has 0 saturated heterocycles. The highest BCUT2D eigenvalue weighted by atomic mass is 16.5. The van der Waals surface area contributed by atoms with Gasteiger partial charge in [-0.3, -0.25) is 0 Å². The van der Waals surface area contributed by atoms with Crippen LogP contribution in [-0.2, 0) is 4.74 Å². The van der Waals surface area contributed by atoms with Crippen LogP contribution >= 0.6 is 0 Å². The Labute approximate surface area is 105 Å².